The maximum atomic E-state index is 9.28. The number of pyridine rings is 1. The van der Waals surface area contributed by atoms with Gasteiger partial charge in [0.05, 0.1) is 6.61 Å². The molecule has 1 N–H and O–H groups in total. The van der Waals surface area contributed by atoms with Crippen LogP contribution >= 0.6 is 15.9 Å². The Balaban J connectivity index is 2.70. The fourth-order valence-electron chi connectivity index (χ4n) is 1.64. The summed E-state index contributed by atoms with van der Waals surface area (Å²) in [5, 5.41) is 9.28. The van der Waals surface area contributed by atoms with Crippen LogP contribution in [0.4, 0.5) is 5.82 Å². The molecule has 0 saturated carbocycles. The molecule has 1 heterocycles. The third-order valence-corrected chi connectivity index (χ3v) is 2.97. The molecule has 4 heteroatoms. The number of hydrogen-bond acceptors (Lipinski definition) is 3. The van der Waals surface area contributed by atoms with Crippen molar-refractivity contribution in [1.82, 2.24) is 4.98 Å². The molecule has 1 aromatic rings. The molecule has 0 amide bonds. The number of hydrogen-bond donors (Lipinski definition) is 1. The first-order chi connectivity index (χ1) is 7.69. The standard InChI is InChI=1S/C12H19BrN2O/c1-3-4-5-6-15(2)12-10(9-16)7-11(13)8-14-12/h7-8,16H,3-6,9H2,1-2H3. The number of unbranched alkanes of at least 4 members (excludes halogenated alkanes) is 2. The maximum Gasteiger partial charge on any atom is 0.133 e. The Morgan fingerprint density at radius 3 is 2.81 bits per heavy atom. The van der Waals surface area contributed by atoms with Crippen molar-refractivity contribution in [1.29, 1.82) is 0 Å². The fourth-order valence-corrected chi connectivity index (χ4v) is 2.02. The second-order valence-electron chi connectivity index (χ2n) is 3.92. The smallest absolute Gasteiger partial charge is 0.133 e. The van der Waals surface area contributed by atoms with Crippen LogP contribution in [-0.4, -0.2) is 23.7 Å². The maximum absolute atomic E-state index is 9.28. The van der Waals surface area contributed by atoms with E-state index in [1.54, 1.807) is 6.20 Å². The Bertz CT molecular complexity index is 331. The predicted octanol–water partition coefficient (Wildman–Crippen LogP) is 2.96. The molecule has 0 radical (unpaired) electrons. The van der Waals surface area contributed by atoms with Crippen LogP contribution < -0.4 is 4.90 Å². The summed E-state index contributed by atoms with van der Waals surface area (Å²) >= 11 is 3.36. The number of aliphatic hydroxyl groups is 1. The molecular weight excluding hydrogens is 268 g/mol. The van der Waals surface area contributed by atoms with E-state index in [0.717, 1.165) is 28.8 Å². The van der Waals surface area contributed by atoms with Crippen molar-refractivity contribution in [3.05, 3.63) is 22.3 Å². The van der Waals surface area contributed by atoms with Crippen molar-refractivity contribution >= 4 is 21.7 Å². The molecule has 0 aliphatic carbocycles. The molecular formula is C12H19BrN2O. The molecule has 0 fully saturated rings. The summed E-state index contributed by atoms with van der Waals surface area (Å²) in [5.41, 5.74) is 0.869. The fraction of sp³-hybridized carbons (Fsp3) is 0.583. The average molecular weight is 287 g/mol. The Morgan fingerprint density at radius 2 is 2.19 bits per heavy atom. The first-order valence-electron chi connectivity index (χ1n) is 5.65. The Labute approximate surface area is 106 Å². The highest BCUT2D eigenvalue weighted by atomic mass is 79.9. The van der Waals surface area contributed by atoms with Crippen LogP contribution in [0.3, 0.4) is 0 Å². The molecule has 3 nitrogen and oxygen atoms in total. The number of aromatic nitrogens is 1. The summed E-state index contributed by atoms with van der Waals surface area (Å²) in [6.45, 7) is 3.20. The van der Waals surface area contributed by atoms with Crippen LogP contribution in [-0.2, 0) is 6.61 Å². The highest BCUT2D eigenvalue weighted by Crippen LogP contribution is 2.21. The average Bonchev–Trinajstić information content (AvgIpc) is 2.29. The van der Waals surface area contributed by atoms with E-state index < -0.39 is 0 Å². The molecule has 0 spiro atoms. The SMILES string of the molecule is CCCCCN(C)c1ncc(Br)cc1CO. The van der Waals surface area contributed by atoms with Crippen LogP contribution in [0.25, 0.3) is 0 Å². The summed E-state index contributed by atoms with van der Waals surface area (Å²) in [5.74, 6) is 0.877. The molecule has 1 rings (SSSR count). The molecule has 0 aliphatic rings. The minimum Gasteiger partial charge on any atom is -0.392 e. The number of nitrogens with zero attached hydrogens (tertiary/aromatic N) is 2. The van der Waals surface area contributed by atoms with E-state index in [4.69, 9.17) is 0 Å². The van der Waals surface area contributed by atoms with Crippen molar-refractivity contribution in [3.63, 3.8) is 0 Å². The first kappa shape index (κ1) is 13.5. The lowest BCUT2D eigenvalue weighted by molar-refractivity contribution is 0.281. The van der Waals surface area contributed by atoms with E-state index in [-0.39, 0.29) is 6.61 Å². The number of anilines is 1. The van der Waals surface area contributed by atoms with Crippen molar-refractivity contribution in [2.24, 2.45) is 0 Å². The zero-order chi connectivity index (χ0) is 12.0. The predicted molar refractivity (Wildman–Crippen MR) is 70.7 cm³/mol. The molecule has 16 heavy (non-hydrogen) atoms. The van der Waals surface area contributed by atoms with Gasteiger partial charge in [-0.1, -0.05) is 19.8 Å². The lowest BCUT2D eigenvalue weighted by Crippen LogP contribution is -2.21. The van der Waals surface area contributed by atoms with Gasteiger partial charge in [0, 0.05) is 29.8 Å². The zero-order valence-electron chi connectivity index (χ0n) is 9.91. The van der Waals surface area contributed by atoms with Gasteiger partial charge in [0.25, 0.3) is 0 Å². The monoisotopic (exact) mass is 286 g/mol. The van der Waals surface area contributed by atoms with Gasteiger partial charge in [0.2, 0.25) is 0 Å². The quantitative estimate of drug-likeness (QED) is 0.817. The van der Waals surface area contributed by atoms with Gasteiger partial charge in [-0.2, -0.15) is 0 Å². The van der Waals surface area contributed by atoms with Crippen molar-refractivity contribution < 1.29 is 5.11 Å². The summed E-state index contributed by atoms with van der Waals surface area (Å²) in [6, 6.07) is 1.92. The van der Waals surface area contributed by atoms with Gasteiger partial charge in [-0.25, -0.2) is 4.98 Å². The van der Waals surface area contributed by atoms with Gasteiger partial charge in [-0.3, -0.25) is 0 Å². The minimum absolute atomic E-state index is 0.0277. The lowest BCUT2D eigenvalue weighted by Gasteiger charge is -2.20. The second-order valence-corrected chi connectivity index (χ2v) is 4.84. The molecule has 90 valence electrons. The lowest BCUT2D eigenvalue weighted by atomic mass is 10.2. The van der Waals surface area contributed by atoms with Crippen LogP contribution in [0, 0.1) is 0 Å². The third kappa shape index (κ3) is 3.76. The van der Waals surface area contributed by atoms with Crippen molar-refractivity contribution in [2.75, 3.05) is 18.5 Å². The molecule has 1 aromatic heterocycles. The largest absolute Gasteiger partial charge is 0.392 e. The number of aliphatic hydroxyl groups excluding tert-OH is 1. The van der Waals surface area contributed by atoms with Gasteiger partial charge < -0.3 is 10.0 Å². The Kier molecular flexibility index (Phi) is 5.77. The van der Waals surface area contributed by atoms with E-state index in [1.807, 2.05) is 13.1 Å². The van der Waals surface area contributed by atoms with Gasteiger partial charge in [-0.15, -0.1) is 0 Å². The van der Waals surface area contributed by atoms with Crippen molar-refractivity contribution in [3.8, 4) is 0 Å². The molecule has 0 unspecified atom stereocenters. The van der Waals surface area contributed by atoms with Gasteiger partial charge >= 0.3 is 0 Å². The van der Waals surface area contributed by atoms with E-state index in [1.165, 1.54) is 12.8 Å². The third-order valence-electron chi connectivity index (χ3n) is 2.54. The first-order valence-corrected chi connectivity index (χ1v) is 6.44. The zero-order valence-corrected chi connectivity index (χ0v) is 11.5. The van der Waals surface area contributed by atoms with E-state index in [2.05, 4.69) is 32.7 Å². The number of halogens is 1. The van der Waals surface area contributed by atoms with Gasteiger partial charge in [0.1, 0.15) is 5.82 Å². The van der Waals surface area contributed by atoms with Gasteiger partial charge in [-0.05, 0) is 28.4 Å². The second kappa shape index (κ2) is 6.86. The highest BCUT2D eigenvalue weighted by Gasteiger charge is 2.08. The van der Waals surface area contributed by atoms with Crippen LogP contribution in [0.2, 0.25) is 0 Å². The Morgan fingerprint density at radius 1 is 1.44 bits per heavy atom. The van der Waals surface area contributed by atoms with E-state index in [9.17, 15) is 5.11 Å². The summed E-state index contributed by atoms with van der Waals surface area (Å²) in [6.07, 6.45) is 5.38. The van der Waals surface area contributed by atoms with Crippen molar-refractivity contribution in [2.45, 2.75) is 32.8 Å². The normalized spacial score (nSPS) is 10.5. The molecule has 0 atom stereocenters. The summed E-state index contributed by atoms with van der Waals surface area (Å²) in [7, 11) is 2.02. The topological polar surface area (TPSA) is 36.4 Å². The highest BCUT2D eigenvalue weighted by molar-refractivity contribution is 9.10. The molecule has 0 saturated heterocycles. The molecule has 0 aromatic carbocycles. The van der Waals surface area contributed by atoms with E-state index in [0.29, 0.717) is 0 Å². The summed E-state index contributed by atoms with van der Waals surface area (Å²) < 4.78 is 0.905. The van der Waals surface area contributed by atoms with Gasteiger partial charge in [0.15, 0.2) is 0 Å². The minimum atomic E-state index is 0.0277. The van der Waals surface area contributed by atoms with E-state index >= 15 is 0 Å². The van der Waals surface area contributed by atoms with Crippen LogP contribution in [0.5, 0.6) is 0 Å². The molecule has 0 bridgehead atoms. The Hall–Kier alpha value is -0.610. The van der Waals surface area contributed by atoms with Crippen LogP contribution in [0.1, 0.15) is 31.7 Å². The summed E-state index contributed by atoms with van der Waals surface area (Å²) in [4.78, 5) is 6.45. The van der Waals surface area contributed by atoms with Crippen LogP contribution in [0.15, 0.2) is 16.7 Å². The molecule has 0 aliphatic heterocycles. The number of rotatable bonds is 6.